The molecular formula is C27H31N3O6. The van der Waals surface area contributed by atoms with Crippen molar-refractivity contribution < 1.29 is 29.3 Å². The molecule has 2 aromatic carbocycles. The van der Waals surface area contributed by atoms with E-state index in [-0.39, 0.29) is 23.8 Å². The second-order valence-electron chi connectivity index (χ2n) is 8.75. The van der Waals surface area contributed by atoms with E-state index in [1.165, 1.54) is 23.0 Å². The Hall–Kier alpha value is -3.87. The van der Waals surface area contributed by atoms with Gasteiger partial charge in [-0.1, -0.05) is 13.8 Å². The van der Waals surface area contributed by atoms with Gasteiger partial charge in [0, 0.05) is 16.8 Å². The third-order valence-electron chi connectivity index (χ3n) is 5.91. The maximum absolute atomic E-state index is 13.9. The Kier molecular flexibility index (Phi) is 8.35. The van der Waals surface area contributed by atoms with E-state index < -0.39 is 30.9 Å². The predicted octanol–water partition coefficient (Wildman–Crippen LogP) is 2.95. The molecule has 2 unspecified atom stereocenters. The minimum Gasteiger partial charge on any atom is -0.497 e. The molecule has 0 radical (unpaired) electrons. The number of anilines is 1. The van der Waals surface area contributed by atoms with E-state index in [9.17, 15) is 25.1 Å². The fourth-order valence-electron chi connectivity index (χ4n) is 4.31. The number of carbonyl (C=O) groups is 2. The molecule has 0 aliphatic carbocycles. The van der Waals surface area contributed by atoms with Crippen molar-refractivity contribution in [2.75, 3.05) is 25.2 Å². The van der Waals surface area contributed by atoms with Gasteiger partial charge in [0.05, 0.1) is 31.0 Å². The summed E-state index contributed by atoms with van der Waals surface area (Å²) in [6.07, 6.45) is -2.94. The average Bonchev–Trinajstić information content (AvgIpc) is 2.85. The van der Waals surface area contributed by atoms with Gasteiger partial charge in [0.2, 0.25) is 12.1 Å². The van der Waals surface area contributed by atoms with E-state index in [0.717, 1.165) is 0 Å². The molecule has 2 N–H and O–H groups in total. The van der Waals surface area contributed by atoms with Crippen molar-refractivity contribution in [2.45, 2.75) is 40.3 Å². The molecule has 36 heavy (non-hydrogen) atoms. The highest BCUT2D eigenvalue weighted by molar-refractivity contribution is 6.09. The van der Waals surface area contributed by atoms with Crippen molar-refractivity contribution in [3.63, 3.8) is 0 Å². The molecule has 0 fully saturated rings. The van der Waals surface area contributed by atoms with Crippen molar-refractivity contribution in [3.05, 3.63) is 70.4 Å². The first-order valence-electron chi connectivity index (χ1n) is 11.6. The van der Waals surface area contributed by atoms with Gasteiger partial charge in [-0.15, -0.1) is 0 Å². The fraction of sp³-hybridized carbons (Fsp3) is 0.370. The fourth-order valence-corrected chi connectivity index (χ4v) is 4.31. The smallest absolute Gasteiger partial charge is 0.325 e. The highest BCUT2D eigenvalue weighted by Gasteiger charge is 2.43. The van der Waals surface area contributed by atoms with E-state index in [0.29, 0.717) is 28.1 Å². The molecule has 1 heterocycles. The molecule has 0 saturated heterocycles. The second kappa shape index (κ2) is 11.2. The number of methoxy groups -OCH3 is 1. The van der Waals surface area contributed by atoms with Gasteiger partial charge in [-0.3, -0.25) is 14.5 Å². The van der Waals surface area contributed by atoms with E-state index in [1.54, 1.807) is 50.2 Å². The lowest BCUT2D eigenvalue weighted by Crippen LogP contribution is -2.60. The molecule has 9 nitrogen and oxygen atoms in total. The third-order valence-corrected chi connectivity index (χ3v) is 5.91. The molecule has 1 aliphatic rings. The molecule has 0 spiro atoms. The lowest BCUT2D eigenvalue weighted by molar-refractivity contribution is -0.147. The van der Waals surface area contributed by atoms with Gasteiger partial charge in [0.1, 0.15) is 12.3 Å². The van der Waals surface area contributed by atoms with E-state index in [4.69, 9.17) is 9.47 Å². The van der Waals surface area contributed by atoms with Crippen LogP contribution < -0.4 is 9.64 Å². The van der Waals surface area contributed by atoms with E-state index in [2.05, 4.69) is 0 Å². The minimum atomic E-state index is -1.57. The molecule has 2 atom stereocenters. The van der Waals surface area contributed by atoms with Crippen LogP contribution >= 0.6 is 0 Å². The SMILES string of the molecule is CCOC(=O)CN1C(C(=O)c2cc(C)cc(C#N)c2)=C(C(C)C)C(O)N(c2ccc(OC)cc2)C1O. The summed E-state index contributed by atoms with van der Waals surface area (Å²) >= 11 is 0. The van der Waals surface area contributed by atoms with Crippen molar-refractivity contribution in [1.82, 2.24) is 4.90 Å². The number of rotatable bonds is 8. The van der Waals surface area contributed by atoms with Gasteiger partial charge in [0.15, 0.2) is 6.23 Å². The van der Waals surface area contributed by atoms with Gasteiger partial charge in [-0.2, -0.15) is 5.26 Å². The molecule has 190 valence electrons. The van der Waals surface area contributed by atoms with Gasteiger partial charge in [0.25, 0.3) is 0 Å². The topological polar surface area (TPSA) is 123 Å². The number of nitriles is 1. The van der Waals surface area contributed by atoms with Crippen LogP contribution in [0, 0.1) is 24.2 Å². The van der Waals surface area contributed by atoms with Crippen molar-refractivity contribution >= 4 is 17.4 Å². The van der Waals surface area contributed by atoms with Crippen LogP contribution in [-0.2, 0) is 9.53 Å². The monoisotopic (exact) mass is 493 g/mol. The normalized spacial score (nSPS) is 17.8. The van der Waals surface area contributed by atoms with Crippen LogP contribution in [0.15, 0.2) is 53.7 Å². The van der Waals surface area contributed by atoms with Gasteiger partial charge in [-0.25, -0.2) is 0 Å². The summed E-state index contributed by atoms with van der Waals surface area (Å²) in [4.78, 5) is 29.0. The first-order valence-corrected chi connectivity index (χ1v) is 11.6. The Morgan fingerprint density at radius 2 is 1.81 bits per heavy atom. The summed E-state index contributed by atoms with van der Waals surface area (Å²) in [5.74, 6) is -0.905. The first kappa shape index (κ1) is 26.7. The minimum absolute atomic E-state index is 0.00250. The maximum Gasteiger partial charge on any atom is 0.325 e. The van der Waals surface area contributed by atoms with Gasteiger partial charge < -0.3 is 24.6 Å². The Morgan fingerprint density at radius 1 is 1.14 bits per heavy atom. The van der Waals surface area contributed by atoms with Crippen LogP contribution in [0.4, 0.5) is 5.69 Å². The Bertz CT molecular complexity index is 1200. The standard InChI is InChI=1S/C27H31N3O6/c1-6-36-22(31)15-29-24(25(32)19-12-17(4)11-18(13-19)14-28)23(16(2)3)26(33)30(27(29)34)20-7-9-21(35-5)10-8-20/h7-13,16,26-27,33-34H,6,15H2,1-5H3. The van der Waals surface area contributed by atoms with Crippen molar-refractivity contribution in [3.8, 4) is 11.8 Å². The lowest BCUT2D eigenvalue weighted by atomic mass is 9.90. The molecule has 9 heteroatoms. The Balaban J connectivity index is 2.22. The lowest BCUT2D eigenvalue weighted by Gasteiger charge is -2.47. The summed E-state index contributed by atoms with van der Waals surface area (Å²) in [5, 5.41) is 32.3. The molecule has 2 aromatic rings. The van der Waals surface area contributed by atoms with Crippen LogP contribution in [0.5, 0.6) is 5.75 Å². The number of ketones is 1. The molecule has 0 aromatic heterocycles. The van der Waals surface area contributed by atoms with Crippen LogP contribution in [0.1, 0.15) is 42.3 Å². The number of aliphatic hydroxyl groups is 2. The number of allylic oxidation sites excluding steroid dienone is 1. The number of esters is 1. The van der Waals surface area contributed by atoms with Crippen LogP contribution in [-0.4, -0.2) is 59.7 Å². The number of ether oxygens (including phenoxy) is 2. The number of hydrogen-bond acceptors (Lipinski definition) is 9. The second-order valence-corrected chi connectivity index (χ2v) is 8.75. The number of benzene rings is 2. The zero-order chi connectivity index (χ0) is 26.6. The number of nitrogens with zero attached hydrogens (tertiary/aromatic N) is 3. The molecule has 0 saturated carbocycles. The van der Waals surface area contributed by atoms with Gasteiger partial charge in [-0.05, 0) is 67.8 Å². The summed E-state index contributed by atoms with van der Waals surface area (Å²) in [6.45, 7) is 6.76. The van der Waals surface area contributed by atoms with Crippen LogP contribution in [0.25, 0.3) is 0 Å². The van der Waals surface area contributed by atoms with E-state index in [1.807, 2.05) is 19.9 Å². The highest BCUT2D eigenvalue weighted by atomic mass is 16.5. The number of aliphatic hydroxyl groups excluding tert-OH is 2. The summed E-state index contributed by atoms with van der Waals surface area (Å²) < 4.78 is 10.3. The third kappa shape index (κ3) is 5.35. The predicted molar refractivity (Wildman–Crippen MR) is 133 cm³/mol. The number of carbonyl (C=O) groups excluding carboxylic acids is 2. The maximum atomic E-state index is 13.9. The summed E-state index contributed by atoms with van der Waals surface area (Å²) in [5.41, 5.74) is 2.00. The number of aryl methyl sites for hydroxylation is 1. The number of hydrogen-bond donors (Lipinski definition) is 2. The molecule has 0 amide bonds. The van der Waals surface area contributed by atoms with Crippen molar-refractivity contribution in [1.29, 1.82) is 5.26 Å². The molecular weight excluding hydrogens is 462 g/mol. The zero-order valence-electron chi connectivity index (χ0n) is 21.1. The van der Waals surface area contributed by atoms with Crippen LogP contribution in [0.2, 0.25) is 0 Å². The number of Topliss-reactive ketones (excluding diaryl/α,β-unsaturated/α-hetero) is 1. The average molecular weight is 494 g/mol. The Labute approximate surface area is 210 Å². The molecule has 3 rings (SSSR count). The quantitative estimate of drug-likeness (QED) is 0.422. The Morgan fingerprint density at radius 3 is 2.36 bits per heavy atom. The largest absolute Gasteiger partial charge is 0.497 e. The first-order chi connectivity index (χ1) is 17.1. The molecule has 0 bridgehead atoms. The molecule has 1 aliphatic heterocycles. The summed E-state index contributed by atoms with van der Waals surface area (Å²) in [7, 11) is 1.53. The van der Waals surface area contributed by atoms with E-state index >= 15 is 0 Å². The van der Waals surface area contributed by atoms with Crippen molar-refractivity contribution in [2.24, 2.45) is 5.92 Å². The zero-order valence-corrected chi connectivity index (χ0v) is 21.1. The summed E-state index contributed by atoms with van der Waals surface area (Å²) in [6, 6.07) is 13.5. The highest BCUT2D eigenvalue weighted by Crippen LogP contribution is 2.37. The van der Waals surface area contributed by atoms with Gasteiger partial charge >= 0.3 is 5.97 Å². The van der Waals surface area contributed by atoms with Crippen LogP contribution in [0.3, 0.4) is 0 Å².